The molecule has 0 saturated heterocycles. The van der Waals surface area contributed by atoms with E-state index < -0.39 is 12.1 Å². The van der Waals surface area contributed by atoms with Crippen molar-refractivity contribution in [2.24, 2.45) is 5.92 Å². The predicted molar refractivity (Wildman–Crippen MR) is 94.4 cm³/mol. The summed E-state index contributed by atoms with van der Waals surface area (Å²) in [4.78, 5) is 22.9. The molecule has 1 fully saturated rings. The molecule has 0 spiro atoms. The first-order valence-corrected chi connectivity index (χ1v) is 8.42. The third-order valence-corrected chi connectivity index (χ3v) is 4.62. The Morgan fingerprint density at radius 2 is 1.76 bits per heavy atom. The quantitative estimate of drug-likeness (QED) is 0.846. The Balaban J connectivity index is 1.50. The number of nitrogens with one attached hydrogen (secondary N) is 1. The van der Waals surface area contributed by atoms with Crippen molar-refractivity contribution in [1.29, 1.82) is 0 Å². The van der Waals surface area contributed by atoms with Crippen LogP contribution in [0, 0.1) is 5.92 Å². The molecule has 0 unspecified atom stereocenters. The maximum atomic E-state index is 11.8. The van der Waals surface area contributed by atoms with Crippen LogP contribution in [0.3, 0.4) is 0 Å². The Labute approximate surface area is 146 Å². The first-order chi connectivity index (χ1) is 12.1. The van der Waals surface area contributed by atoms with Crippen molar-refractivity contribution in [3.05, 3.63) is 65.7 Å². The van der Waals surface area contributed by atoms with E-state index in [4.69, 9.17) is 9.84 Å². The number of carbonyl (C=O) groups is 2. The van der Waals surface area contributed by atoms with Gasteiger partial charge in [0.05, 0.1) is 5.92 Å². The molecule has 5 nitrogen and oxygen atoms in total. The third-order valence-electron chi connectivity index (χ3n) is 4.62. The van der Waals surface area contributed by atoms with Gasteiger partial charge in [-0.05, 0) is 48.4 Å². The van der Waals surface area contributed by atoms with Crippen molar-refractivity contribution < 1.29 is 19.4 Å². The number of carbonyl (C=O) groups excluding carboxylic acids is 1. The molecule has 0 aromatic heterocycles. The normalized spacial score (nSPS) is 19.4. The molecule has 0 radical (unpaired) electrons. The molecule has 0 bridgehead atoms. The van der Waals surface area contributed by atoms with Crippen LogP contribution in [-0.2, 0) is 16.1 Å². The molecule has 1 saturated carbocycles. The van der Waals surface area contributed by atoms with Gasteiger partial charge in [-0.15, -0.1) is 0 Å². The molecule has 1 aliphatic carbocycles. The van der Waals surface area contributed by atoms with E-state index in [-0.39, 0.29) is 18.4 Å². The molecule has 0 aliphatic heterocycles. The molecule has 25 heavy (non-hydrogen) atoms. The average Bonchev–Trinajstić information content (AvgIpc) is 3.12. The Morgan fingerprint density at radius 3 is 2.40 bits per heavy atom. The van der Waals surface area contributed by atoms with Gasteiger partial charge in [0.1, 0.15) is 6.61 Å². The molecule has 130 valence electrons. The van der Waals surface area contributed by atoms with Crippen LogP contribution in [0.4, 0.5) is 10.5 Å². The third kappa shape index (κ3) is 4.59. The zero-order chi connectivity index (χ0) is 17.6. The zero-order valence-corrected chi connectivity index (χ0v) is 13.9. The van der Waals surface area contributed by atoms with Crippen LogP contribution in [0.2, 0.25) is 0 Å². The molecule has 2 aromatic carbocycles. The molecule has 1 aliphatic rings. The summed E-state index contributed by atoms with van der Waals surface area (Å²) in [6.45, 7) is 0.226. The summed E-state index contributed by atoms with van der Waals surface area (Å²) in [5.74, 6) is -0.669. The van der Waals surface area contributed by atoms with E-state index in [1.54, 1.807) is 0 Å². The predicted octanol–water partition coefficient (Wildman–Crippen LogP) is 4.40. The van der Waals surface area contributed by atoms with E-state index >= 15 is 0 Å². The molecular weight excluding hydrogens is 318 g/mol. The van der Waals surface area contributed by atoms with Crippen LogP contribution < -0.4 is 5.32 Å². The smallest absolute Gasteiger partial charge is 0.411 e. The van der Waals surface area contributed by atoms with Crippen LogP contribution in [-0.4, -0.2) is 17.2 Å². The fourth-order valence-electron chi connectivity index (χ4n) is 3.22. The zero-order valence-electron chi connectivity index (χ0n) is 13.9. The number of carboxylic acids is 1. The Bertz CT molecular complexity index is 727. The monoisotopic (exact) mass is 339 g/mol. The van der Waals surface area contributed by atoms with E-state index in [0.29, 0.717) is 12.1 Å². The summed E-state index contributed by atoms with van der Waals surface area (Å²) >= 11 is 0. The van der Waals surface area contributed by atoms with Gasteiger partial charge in [0, 0.05) is 5.69 Å². The first kappa shape index (κ1) is 17.0. The van der Waals surface area contributed by atoms with E-state index in [1.807, 2.05) is 54.6 Å². The molecular formula is C20H21NO4. The van der Waals surface area contributed by atoms with E-state index in [0.717, 1.165) is 24.0 Å². The molecule has 1 amide bonds. The number of rotatable bonds is 5. The van der Waals surface area contributed by atoms with Crippen LogP contribution >= 0.6 is 0 Å². The van der Waals surface area contributed by atoms with Crippen molar-refractivity contribution in [2.45, 2.75) is 31.8 Å². The second-order valence-corrected chi connectivity index (χ2v) is 6.35. The van der Waals surface area contributed by atoms with Crippen molar-refractivity contribution in [1.82, 2.24) is 0 Å². The molecule has 2 atom stereocenters. The minimum Gasteiger partial charge on any atom is -0.481 e. The second-order valence-electron chi connectivity index (χ2n) is 6.35. The highest BCUT2D eigenvalue weighted by Crippen LogP contribution is 2.38. The van der Waals surface area contributed by atoms with Crippen LogP contribution in [0.5, 0.6) is 0 Å². The fraction of sp³-hybridized carbons (Fsp3) is 0.300. The number of hydrogen-bond acceptors (Lipinski definition) is 3. The summed E-state index contributed by atoms with van der Waals surface area (Å²) in [5.41, 5.74) is 2.71. The lowest BCUT2D eigenvalue weighted by Crippen LogP contribution is -2.13. The highest BCUT2D eigenvalue weighted by Gasteiger charge is 2.30. The minimum absolute atomic E-state index is 0.226. The lowest BCUT2D eigenvalue weighted by Gasteiger charge is -2.12. The maximum absolute atomic E-state index is 11.8. The van der Waals surface area contributed by atoms with Gasteiger partial charge in [0.2, 0.25) is 0 Å². The van der Waals surface area contributed by atoms with Gasteiger partial charge in [-0.25, -0.2) is 4.79 Å². The van der Waals surface area contributed by atoms with E-state index in [9.17, 15) is 9.59 Å². The number of benzene rings is 2. The number of aliphatic carboxylic acids is 1. The lowest BCUT2D eigenvalue weighted by atomic mass is 9.96. The van der Waals surface area contributed by atoms with Gasteiger partial charge in [0.25, 0.3) is 0 Å². The Hall–Kier alpha value is -2.82. The van der Waals surface area contributed by atoms with Crippen molar-refractivity contribution in [3.8, 4) is 0 Å². The Kier molecular flexibility index (Phi) is 5.33. The summed E-state index contributed by atoms with van der Waals surface area (Å²) < 4.78 is 5.19. The van der Waals surface area contributed by atoms with Crippen LogP contribution in [0.1, 0.15) is 36.3 Å². The highest BCUT2D eigenvalue weighted by molar-refractivity contribution is 5.84. The van der Waals surface area contributed by atoms with Crippen molar-refractivity contribution in [3.63, 3.8) is 0 Å². The number of anilines is 1. The SMILES string of the molecule is O=C(Nc1ccc([C@@H]2CC[C@@H](C(=O)O)C2)cc1)OCc1ccccc1. The first-order valence-electron chi connectivity index (χ1n) is 8.42. The van der Waals surface area contributed by atoms with Gasteiger partial charge in [-0.1, -0.05) is 42.5 Å². The van der Waals surface area contributed by atoms with Gasteiger partial charge in [0.15, 0.2) is 0 Å². The van der Waals surface area contributed by atoms with Crippen LogP contribution in [0.15, 0.2) is 54.6 Å². The average molecular weight is 339 g/mol. The van der Waals surface area contributed by atoms with E-state index in [1.165, 1.54) is 0 Å². The summed E-state index contributed by atoms with van der Waals surface area (Å²) in [6, 6.07) is 17.0. The lowest BCUT2D eigenvalue weighted by molar-refractivity contribution is -0.141. The second kappa shape index (κ2) is 7.83. The topological polar surface area (TPSA) is 75.6 Å². The number of hydrogen-bond donors (Lipinski definition) is 2. The van der Waals surface area contributed by atoms with E-state index in [2.05, 4.69) is 5.32 Å². The Morgan fingerprint density at radius 1 is 1.04 bits per heavy atom. The highest BCUT2D eigenvalue weighted by atomic mass is 16.5. The number of carboxylic acid groups (broad SMARTS) is 1. The van der Waals surface area contributed by atoms with Crippen molar-refractivity contribution >= 4 is 17.7 Å². The molecule has 5 heteroatoms. The molecule has 0 heterocycles. The number of ether oxygens (including phenoxy) is 1. The van der Waals surface area contributed by atoms with Gasteiger partial charge < -0.3 is 9.84 Å². The van der Waals surface area contributed by atoms with Gasteiger partial charge in [-0.2, -0.15) is 0 Å². The summed E-state index contributed by atoms with van der Waals surface area (Å²) in [6.07, 6.45) is 1.80. The molecule has 2 N–H and O–H groups in total. The van der Waals surface area contributed by atoms with Gasteiger partial charge >= 0.3 is 12.1 Å². The van der Waals surface area contributed by atoms with Crippen molar-refractivity contribution in [2.75, 3.05) is 5.32 Å². The molecule has 3 rings (SSSR count). The summed E-state index contributed by atoms with van der Waals surface area (Å²) in [5, 5.41) is 11.8. The van der Waals surface area contributed by atoms with Crippen LogP contribution in [0.25, 0.3) is 0 Å². The fourth-order valence-corrected chi connectivity index (χ4v) is 3.22. The molecule has 2 aromatic rings. The largest absolute Gasteiger partial charge is 0.481 e. The summed E-state index contributed by atoms with van der Waals surface area (Å²) in [7, 11) is 0. The number of amides is 1. The minimum atomic E-state index is -0.707. The maximum Gasteiger partial charge on any atom is 0.411 e. The van der Waals surface area contributed by atoms with Gasteiger partial charge in [-0.3, -0.25) is 10.1 Å². The standard InChI is InChI=1S/C20H21NO4/c22-19(23)17-7-6-16(12-17)15-8-10-18(11-9-15)21-20(24)25-13-14-4-2-1-3-5-14/h1-5,8-11,16-17H,6-7,12-13H2,(H,21,24)(H,22,23)/t16-,17-/m1/s1.